The summed E-state index contributed by atoms with van der Waals surface area (Å²) in [5.41, 5.74) is 1.83. The number of benzene rings is 1. The Morgan fingerprint density at radius 2 is 2.20 bits per heavy atom. The van der Waals surface area contributed by atoms with Gasteiger partial charge in [0.15, 0.2) is 0 Å². The van der Waals surface area contributed by atoms with Crippen LogP contribution >= 0.6 is 24.4 Å². The Bertz CT molecular complexity index is 355. The molecule has 0 aliphatic carbocycles. The summed E-state index contributed by atoms with van der Waals surface area (Å²) in [6.45, 7) is 0. The predicted octanol–water partition coefficient (Wildman–Crippen LogP) is 1.98. The lowest BCUT2D eigenvalue weighted by atomic mass is 10.3. The third kappa shape index (κ3) is 0.803. The molecule has 4 heteroatoms. The molecule has 0 atom stereocenters. The van der Waals surface area contributed by atoms with Crippen molar-refractivity contribution in [3.8, 4) is 0 Å². The highest BCUT2D eigenvalue weighted by atomic mass is 32.1. The number of hydrogen-bond acceptors (Lipinski definition) is 4. The molecule has 0 saturated carbocycles. The SMILES string of the molecule is Sc1cccc2nsnc12. The van der Waals surface area contributed by atoms with Crippen molar-refractivity contribution in [2.75, 3.05) is 0 Å². The van der Waals surface area contributed by atoms with E-state index in [-0.39, 0.29) is 0 Å². The van der Waals surface area contributed by atoms with E-state index in [0.29, 0.717) is 0 Å². The molecular weight excluding hydrogens is 164 g/mol. The Hall–Kier alpha value is -0.610. The largest absolute Gasteiger partial charge is 0.173 e. The molecule has 0 spiro atoms. The molecule has 0 radical (unpaired) electrons. The molecule has 2 aromatic rings. The van der Waals surface area contributed by atoms with Crippen LogP contribution in [0, 0.1) is 0 Å². The average Bonchev–Trinajstić information content (AvgIpc) is 2.36. The molecule has 0 aliphatic rings. The van der Waals surface area contributed by atoms with Gasteiger partial charge in [-0.25, -0.2) is 0 Å². The van der Waals surface area contributed by atoms with Crippen LogP contribution < -0.4 is 0 Å². The molecule has 0 bridgehead atoms. The summed E-state index contributed by atoms with van der Waals surface area (Å²) in [5, 5.41) is 0. The van der Waals surface area contributed by atoms with Gasteiger partial charge in [0.1, 0.15) is 11.0 Å². The highest BCUT2D eigenvalue weighted by Crippen LogP contribution is 2.18. The normalized spacial score (nSPS) is 10.5. The van der Waals surface area contributed by atoms with Gasteiger partial charge in [0.2, 0.25) is 0 Å². The van der Waals surface area contributed by atoms with Crippen LogP contribution in [0.15, 0.2) is 23.1 Å². The first-order valence-corrected chi connectivity index (χ1v) is 3.96. The molecule has 0 fully saturated rings. The fourth-order valence-electron chi connectivity index (χ4n) is 0.792. The van der Waals surface area contributed by atoms with Crippen LogP contribution in [0.5, 0.6) is 0 Å². The lowest BCUT2D eigenvalue weighted by molar-refractivity contribution is 1.49. The zero-order chi connectivity index (χ0) is 6.97. The molecule has 10 heavy (non-hydrogen) atoms. The lowest BCUT2D eigenvalue weighted by Crippen LogP contribution is -1.69. The molecule has 0 saturated heterocycles. The predicted molar refractivity (Wildman–Crippen MR) is 44.7 cm³/mol. The van der Waals surface area contributed by atoms with Gasteiger partial charge in [-0.3, -0.25) is 0 Å². The van der Waals surface area contributed by atoms with Gasteiger partial charge in [-0.05, 0) is 12.1 Å². The molecule has 1 heterocycles. The van der Waals surface area contributed by atoms with Gasteiger partial charge in [-0.15, -0.1) is 12.6 Å². The van der Waals surface area contributed by atoms with E-state index in [9.17, 15) is 0 Å². The van der Waals surface area contributed by atoms with E-state index < -0.39 is 0 Å². The van der Waals surface area contributed by atoms with Crippen molar-refractivity contribution in [1.29, 1.82) is 0 Å². The highest BCUT2D eigenvalue weighted by Gasteiger charge is 1.98. The Kier molecular flexibility index (Phi) is 1.35. The quantitative estimate of drug-likeness (QED) is 0.609. The number of thiol groups is 1. The summed E-state index contributed by atoms with van der Waals surface area (Å²) in [6, 6.07) is 5.76. The standard InChI is InChI=1S/C6H4N2S2/c9-5-3-1-2-4-6(5)8-10-7-4/h1-3,9H. The van der Waals surface area contributed by atoms with Gasteiger partial charge < -0.3 is 0 Å². The first-order chi connectivity index (χ1) is 4.88. The molecule has 2 rings (SSSR count). The molecule has 1 aromatic carbocycles. The minimum Gasteiger partial charge on any atom is -0.173 e. The van der Waals surface area contributed by atoms with Crippen LogP contribution in [0.2, 0.25) is 0 Å². The molecular formula is C6H4N2S2. The van der Waals surface area contributed by atoms with Crippen molar-refractivity contribution in [2.24, 2.45) is 0 Å². The molecule has 50 valence electrons. The van der Waals surface area contributed by atoms with E-state index in [2.05, 4.69) is 21.4 Å². The maximum atomic E-state index is 4.22. The van der Waals surface area contributed by atoms with Crippen LogP contribution in [-0.4, -0.2) is 8.75 Å². The summed E-state index contributed by atoms with van der Waals surface area (Å²) in [7, 11) is 0. The number of nitrogens with zero attached hydrogens (tertiary/aromatic N) is 2. The summed E-state index contributed by atoms with van der Waals surface area (Å²) in [5.74, 6) is 0. The Labute approximate surface area is 67.6 Å². The topological polar surface area (TPSA) is 25.8 Å². The number of fused-ring (bicyclic) bond motifs is 1. The molecule has 1 aromatic heterocycles. The third-order valence-corrected chi connectivity index (χ3v) is 2.17. The number of aromatic nitrogens is 2. The first-order valence-electron chi connectivity index (χ1n) is 2.78. The second kappa shape index (κ2) is 2.21. The van der Waals surface area contributed by atoms with Crippen molar-refractivity contribution in [2.45, 2.75) is 4.90 Å². The van der Waals surface area contributed by atoms with Gasteiger partial charge in [0, 0.05) is 4.90 Å². The molecule has 0 N–H and O–H groups in total. The monoisotopic (exact) mass is 168 g/mol. The Balaban J connectivity index is 2.95. The zero-order valence-electron chi connectivity index (χ0n) is 4.98. The maximum absolute atomic E-state index is 4.22. The summed E-state index contributed by atoms with van der Waals surface area (Å²) < 4.78 is 8.13. The average molecular weight is 168 g/mol. The van der Waals surface area contributed by atoms with Crippen molar-refractivity contribution < 1.29 is 0 Å². The first kappa shape index (κ1) is 6.12. The maximum Gasteiger partial charge on any atom is 0.118 e. The number of hydrogen-bond donors (Lipinski definition) is 1. The lowest BCUT2D eigenvalue weighted by Gasteiger charge is -1.87. The van der Waals surface area contributed by atoms with Crippen molar-refractivity contribution in [1.82, 2.24) is 8.75 Å². The smallest absolute Gasteiger partial charge is 0.118 e. The van der Waals surface area contributed by atoms with E-state index >= 15 is 0 Å². The van der Waals surface area contributed by atoms with Gasteiger partial charge in [0.05, 0.1) is 11.7 Å². The van der Waals surface area contributed by atoms with E-state index in [1.54, 1.807) is 0 Å². The van der Waals surface area contributed by atoms with Crippen LogP contribution in [0.1, 0.15) is 0 Å². The minimum absolute atomic E-state index is 0.895. The van der Waals surface area contributed by atoms with Gasteiger partial charge >= 0.3 is 0 Å². The summed E-state index contributed by atoms with van der Waals surface area (Å²) in [4.78, 5) is 0.895. The van der Waals surface area contributed by atoms with Crippen molar-refractivity contribution in [3.05, 3.63) is 18.2 Å². The van der Waals surface area contributed by atoms with E-state index in [1.807, 2.05) is 18.2 Å². The second-order valence-corrected chi connectivity index (χ2v) is 2.92. The van der Waals surface area contributed by atoms with Gasteiger partial charge in [-0.1, -0.05) is 6.07 Å². The fourth-order valence-corrected chi connectivity index (χ4v) is 1.66. The van der Waals surface area contributed by atoms with Gasteiger partial charge in [-0.2, -0.15) is 8.75 Å². The van der Waals surface area contributed by atoms with Crippen LogP contribution in [0.25, 0.3) is 11.0 Å². The summed E-state index contributed by atoms with van der Waals surface area (Å²) in [6.07, 6.45) is 0. The fraction of sp³-hybridized carbons (Fsp3) is 0. The van der Waals surface area contributed by atoms with E-state index in [4.69, 9.17) is 0 Å². The van der Waals surface area contributed by atoms with Gasteiger partial charge in [0.25, 0.3) is 0 Å². The molecule has 0 amide bonds. The van der Waals surface area contributed by atoms with Crippen molar-refractivity contribution >= 4 is 35.4 Å². The molecule has 2 nitrogen and oxygen atoms in total. The Morgan fingerprint density at radius 1 is 1.30 bits per heavy atom. The second-order valence-electron chi connectivity index (χ2n) is 1.91. The molecule has 0 unspecified atom stereocenters. The van der Waals surface area contributed by atoms with E-state index in [1.165, 1.54) is 11.7 Å². The van der Waals surface area contributed by atoms with E-state index in [0.717, 1.165) is 15.9 Å². The van der Waals surface area contributed by atoms with Crippen LogP contribution in [0.3, 0.4) is 0 Å². The van der Waals surface area contributed by atoms with Crippen LogP contribution in [0.4, 0.5) is 0 Å². The Morgan fingerprint density at radius 3 is 3.00 bits per heavy atom. The highest BCUT2D eigenvalue weighted by molar-refractivity contribution is 7.80. The van der Waals surface area contributed by atoms with Crippen LogP contribution in [-0.2, 0) is 0 Å². The summed E-state index contributed by atoms with van der Waals surface area (Å²) >= 11 is 5.44. The zero-order valence-corrected chi connectivity index (χ0v) is 6.69. The third-order valence-electron chi connectivity index (χ3n) is 1.26. The number of rotatable bonds is 0. The minimum atomic E-state index is 0.895. The molecule has 0 aliphatic heterocycles. The van der Waals surface area contributed by atoms with Crippen molar-refractivity contribution in [3.63, 3.8) is 0 Å².